The summed E-state index contributed by atoms with van der Waals surface area (Å²) in [5, 5.41) is 20.2. The molecule has 1 aromatic carbocycles. The molecule has 0 aliphatic heterocycles. The van der Waals surface area contributed by atoms with Gasteiger partial charge in [0.25, 0.3) is 0 Å². The van der Waals surface area contributed by atoms with E-state index in [2.05, 4.69) is 15.5 Å². The molecule has 0 spiro atoms. The third-order valence-electron chi connectivity index (χ3n) is 3.05. The molecule has 1 heterocycles. The Morgan fingerprint density at radius 2 is 2.35 bits per heavy atom. The van der Waals surface area contributed by atoms with E-state index in [1.807, 2.05) is 13.0 Å². The number of amides is 1. The van der Waals surface area contributed by atoms with Gasteiger partial charge >= 0.3 is 0 Å². The van der Waals surface area contributed by atoms with Gasteiger partial charge in [-0.3, -0.25) is 9.36 Å². The maximum Gasteiger partial charge on any atom is 0.247 e. The molecular weight excluding hydrogens is 336 g/mol. The topological polar surface area (TPSA) is 110 Å². The lowest BCUT2D eigenvalue weighted by Gasteiger charge is -2.18. The van der Waals surface area contributed by atoms with Crippen molar-refractivity contribution in [3.05, 3.63) is 29.3 Å². The number of anilines is 2. The predicted octanol–water partition coefficient (Wildman–Crippen LogP) is 2.72. The molecule has 1 aromatic heterocycles. The number of nitriles is 1. The molecule has 0 aliphatic rings. The van der Waals surface area contributed by atoms with E-state index >= 15 is 0 Å². The Balaban J connectivity index is 2.24. The lowest BCUT2D eigenvalue weighted by Crippen LogP contribution is -2.27. The van der Waals surface area contributed by atoms with E-state index in [1.165, 1.54) is 11.8 Å². The molecule has 0 bridgehead atoms. The van der Waals surface area contributed by atoms with Crippen LogP contribution in [0.1, 0.15) is 19.4 Å². The SMILES string of the molecule is CCC(C(=O)Nc1cccc(Cl)c1)n1c(N)nnc1SCC#N. The van der Waals surface area contributed by atoms with Crippen molar-refractivity contribution >= 4 is 40.9 Å². The Labute approximate surface area is 142 Å². The predicted molar refractivity (Wildman–Crippen MR) is 90.2 cm³/mol. The molecule has 2 rings (SSSR count). The van der Waals surface area contributed by atoms with Crippen molar-refractivity contribution in [2.45, 2.75) is 24.5 Å². The second-order valence-corrected chi connectivity index (χ2v) is 5.96. The van der Waals surface area contributed by atoms with E-state index in [9.17, 15) is 4.79 Å². The monoisotopic (exact) mass is 350 g/mol. The molecule has 0 saturated heterocycles. The Kier molecular flexibility index (Phi) is 5.84. The number of aromatic nitrogens is 3. The first-order valence-corrected chi connectivity index (χ1v) is 8.19. The Bertz CT molecular complexity index is 741. The van der Waals surface area contributed by atoms with Crippen LogP contribution in [-0.2, 0) is 4.79 Å². The molecule has 3 N–H and O–H groups in total. The van der Waals surface area contributed by atoms with Gasteiger partial charge in [0.2, 0.25) is 11.9 Å². The molecule has 1 atom stereocenters. The first kappa shape index (κ1) is 17.1. The van der Waals surface area contributed by atoms with Crippen LogP contribution < -0.4 is 11.1 Å². The highest BCUT2D eigenvalue weighted by Gasteiger charge is 2.25. The van der Waals surface area contributed by atoms with Crippen LogP contribution in [0.3, 0.4) is 0 Å². The summed E-state index contributed by atoms with van der Waals surface area (Å²) < 4.78 is 1.54. The zero-order chi connectivity index (χ0) is 16.8. The molecule has 23 heavy (non-hydrogen) atoms. The van der Waals surface area contributed by atoms with Gasteiger partial charge in [-0.1, -0.05) is 36.4 Å². The highest BCUT2D eigenvalue weighted by Crippen LogP contribution is 2.26. The van der Waals surface area contributed by atoms with E-state index in [4.69, 9.17) is 22.6 Å². The van der Waals surface area contributed by atoms with Crippen molar-refractivity contribution in [3.8, 4) is 6.07 Å². The van der Waals surface area contributed by atoms with Crippen molar-refractivity contribution in [2.24, 2.45) is 0 Å². The van der Waals surface area contributed by atoms with Gasteiger partial charge in [-0.2, -0.15) is 5.26 Å². The number of hydrogen-bond acceptors (Lipinski definition) is 6. The summed E-state index contributed by atoms with van der Waals surface area (Å²) in [6.07, 6.45) is 0.495. The number of hydrogen-bond donors (Lipinski definition) is 2. The molecule has 0 saturated carbocycles. The Hall–Kier alpha value is -2.24. The Morgan fingerprint density at radius 1 is 1.57 bits per heavy atom. The molecular formula is C14H15ClN6OS. The van der Waals surface area contributed by atoms with Gasteiger partial charge in [0.1, 0.15) is 6.04 Å². The van der Waals surface area contributed by atoms with Crippen LogP contribution in [0.5, 0.6) is 0 Å². The van der Waals surface area contributed by atoms with Gasteiger partial charge in [-0.25, -0.2) is 0 Å². The maximum atomic E-state index is 12.6. The van der Waals surface area contributed by atoms with Crippen LogP contribution in [0.15, 0.2) is 29.4 Å². The fourth-order valence-corrected chi connectivity index (χ4v) is 2.90. The maximum absolute atomic E-state index is 12.6. The van der Waals surface area contributed by atoms with Gasteiger partial charge < -0.3 is 11.1 Å². The number of thioether (sulfide) groups is 1. The minimum atomic E-state index is -0.579. The van der Waals surface area contributed by atoms with Gasteiger partial charge in [-0.15, -0.1) is 10.2 Å². The molecule has 1 unspecified atom stereocenters. The summed E-state index contributed by atoms with van der Waals surface area (Å²) in [5.74, 6) is 0.0865. The summed E-state index contributed by atoms with van der Waals surface area (Å²) in [4.78, 5) is 12.6. The number of nitrogens with two attached hydrogens (primary N) is 1. The number of benzene rings is 1. The van der Waals surface area contributed by atoms with Crippen LogP contribution in [0.2, 0.25) is 5.02 Å². The van der Waals surface area contributed by atoms with Crippen molar-refractivity contribution in [1.29, 1.82) is 5.26 Å². The van der Waals surface area contributed by atoms with Crippen LogP contribution >= 0.6 is 23.4 Å². The van der Waals surface area contributed by atoms with Crippen molar-refractivity contribution in [3.63, 3.8) is 0 Å². The van der Waals surface area contributed by atoms with E-state index in [1.54, 1.807) is 28.8 Å². The molecule has 1 amide bonds. The van der Waals surface area contributed by atoms with Crippen molar-refractivity contribution in [2.75, 3.05) is 16.8 Å². The molecule has 0 fully saturated rings. The highest BCUT2D eigenvalue weighted by atomic mass is 35.5. The lowest BCUT2D eigenvalue weighted by molar-refractivity contribution is -0.119. The second-order valence-electron chi connectivity index (χ2n) is 4.58. The molecule has 0 aliphatic carbocycles. The van der Waals surface area contributed by atoms with Gasteiger partial charge in [0, 0.05) is 10.7 Å². The van der Waals surface area contributed by atoms with Crippen LogP contribution in [-0.4, -0.2) is 26.4 Å². The molecule has 7 nitrogen and oxygen atoms in total. The quantitative estimate of drug-likeness (QED) is 0.775. The third-order valence-corrected chi connectivity index (χ3v) is 4.09. The third kappa shape index (κ3) is 4.15. The fraction of sp³-hybridized carbons (Fsp3) is 0.286. The first-order valence-electron chi connectivity index (χ1n) is 6.83. The molecule has 9 heteroatoms. The average molecular weight is 351 g/mol. The van der Waals surface area contributed by atoms with Crippen LogP contribution in [0.25, 0.3) is 0 Å². The van der Waals surface area contributed by atoms with Crippen molar-refractivity contribution < 1.29 is 4.79 Å². The minimum Gasteiger partial charge on any atom is -0.368 e. The Morgan fingerprint density at radius 3 is 3.00 bits per heavy atom. The number of nitrogens with zero attached hydrogens (tertiary/aromatic N) is 4. The summed E-state index contributed by atoms with van der Waals surface area (Å²) in [7, 11) is 0. The summed E-state index contributed by atoms with van der Waals surface area (Å²) in [5.41, 5.74) is 6.43. The molecule has 0 radical (unpaired) electrons. The lowest BCUT2D eigenvalue weighted by atomic mass is 10.2. The number of rotatable bonds is 6. The fourth-order valence-electron chi connectivity index (χ4n) is 2.05. The number of nitrogen functional groups attached to an aromatic ring is 1. The zero-order valence-corrected chi connectivity index (χ0v) is 13.9. The molecule has 2 aromatic rings. The van der Waals surface area contributed by atoms with E-state index in [0.29, 0.717) is 22.3 Å². The number of carbonyl (C=O) groups excluding carboxylic acids is 1. The zero-order valence-electron chi connectivity index (χ0n) is 12.4. The van der Waals surface area contributed by atoms with E-state index in [0.717, 1.165) is 0 Å². The summed E-state index contributed by atoms with van der Waals surface area (Å²) in [6, 6.07) is 8.31. The second kappa shape index (κ2) is 7.85. The van der Waals surface area contributed by atoms with Crippen LogP contribution in [0, 0.1) is 11.3 Å². The highest BCUT2D eigenvalue weighted by molar-refractivity contribution is 7.99. The number of nitrogens with one attached hydrogen (secondary N) is 1. The normalized spacial score (nSPS) is 11.7. The number of halogens is 1. The van der Waals surface area contributed by atoms with E-state index < -0.39 is 6.04 Å². The largest absolute Gasteiger partial charge is 0.368 e. The van der Waals surface area contributed by atoms with E-state index in [-0.39, 0.29) is 17.6 Å². The standard InChI is InChI=1S/C14H15ClN6OS/c1-2-11(12(22)18-10-5-3-4-9(15)8-10)21-13(17)19-20-14(21)23-7-6-16/h3-5,8,11H,2,7H2,1H3,(H2,17,19)(H,18,22). The summed E-state index contributed by atoms with van der Waals surface area (Å²) >= 11 is 7.10. The first-order chi connectivity index (χ1) is 11.1. The average Bonchev–Trinajstić information content (AvgIpc) is 2.87. The number of carbonyl (C=O) groups is 1. The van der Waals surface area contributed by atoms with Crippen molar-refractivity contribution in [1.82, 2.24) is 14.8 Å². The van der Waals surface area contributed by atoms with Gasteiger partial charge in [-0.05, 0) is 24.6 Å². The molecule has 120 valence electrons. The van der Waals surface area contributed by atoms with Gasteiger partial charge in [0.15, 0.2) is 5.16 Å². The smallest absolute Gasteiger partial charge is 0.247 e. The van der Waals surface area contributed by atoms with Crippen LogP contribution in [0.4, 0.5) is 11.6 Å². The summed E-state index contributed by atoms with van der Waals surface area (Å²) in [6.45, 7) is 1.86. The van der Waals surface area contributed by atoms with Gasteiger partial charge in [0.05, 0.1) is 11.8 Å². The minimum absolute atomic E-state index is 0.138.